The van der Waals surface area contributed by atoms with Crippen LogP contribution in [0, 0.1) is 23.2 Å². The second-order valence-corrected chi connectivity index (χ2v) is 15.9. The van der Waals surface area contributed by atoms with Gasteiger partial charge in [-0.1, -0.05) is 46.5 Å². The Morgan fingerprint density at radius 1 is 0.935 bits per heavy atom. The molecule has 0 radical (unpaired) electrons. The second kappa shape index (κ2) is 14.7. The lowest BCUT2D eigenvalue weighted by Crippen LogP contribution is -2.59. The fourth-order valence-corrected chi connectivity index (χ4v) is 7.11. The van der Waals surface area contributed by atoms with Gasteiger partial charge in [-0.2, -0.15) is 0 Å². The summed E-state index contributed by atoms with van der Waals surface area (Å²) >= 11 is 0. The van der Waals surface area contributed by atoms with Crippen LogP contribution in [0.1, 0.15) is 114 Å². The van der Waals surface area contributed by atoms with Gasteiger partial charge in [0.25, 0.3) is 5.91 Å². The summed E-state index contributed by atoms with van der Waals surface area (Å²) in [5.74, 6) is -2.79. The van der Waals surface area contributed by atoms with Crippen molar-refractivity contribution >= 4 is 35.5 Å². The zero-order valence-electron chi connectivity index (χ0n) is 29.3. The van der Waals surface area contributed by atoms with Gasteiger partial charge < -0.3 is 30.9 Å². The van der Waals surface area contributed by atoms with E-state index in [0.29, 0.717) is 13.0 Å². The van der Waals surface area contributed by atoms with E-state index >= 15 is 0 Å². The molecule has 1 aliphatic heterocycles. The molecule has 3 rings (SSSR count). The largest absolute Gasteiger partial charge is 0.444 e. The minimum absolute atomic E-state index is 0.0118. The normalized spacial score (nSPS) is 23.8. The lowest BCUT2D eigenvalue weighted by atomic mass is 9.83. The first-order chi connectivity index (χ1) is 21.3. The van der Waals surface area contributed by atoms with Gasteiger partial charge in [-0.3, -0.25) is 24.0 Å². The van der Waals surface area contributed by atoms with Crippen LogP contribution in [-0.2, 0) is 28.7 Å². The third-order valence-corrected chi connectivity index (χ3v) is 9.41. The van der Waals surface area contributed by atoms with Crippen molar-refractivity contribution in [2.24, 2.45) is 23.2 Å². The molecule has 0 spiro atoms. The van der Waals surface area contributed by atoms with Gasteiger partial charge in [0.15, 0.2) is 0 Å². The molecule has 2 saturated carbocycles. The molecule has 5 amide bonds. The predicted molar refractivity (Wildman–Crippen MR) is 173 cm³/mol. The molecule has 0 aromatic rings. The number of likely N-dealkylation sites (tertiary alicyclic amines) is 1. The van der Waals surface area contributed by atoms with E-state index in [1.54, 1.807) is 25.7 Å². The van der Waals surface area contributed by atoms with Gasteiger partial charge >= 0.3 is 6.09 Å². The van der Waals surface area contributed by atoms with Crippen molar-refractivity contribution in [1.82, 2.24) is 26.2 Å². The summed E-state index contributed by atoms with van der Waals surface area (Å²) in [5.41, 5.74) is -1.33. The van der Waals surface area contributed by atoms with E-state index in [4.69, 9.17) is 4.74 Å². The fourth-order valence-electron chi connectivity index (χ4n) is 7.11. The molecule has 12 heteroatoms. The summed E-state index contributed by atoms with van der Waals surface area (Å²) < 4.78 is 5.50. The number of hydrogen-bond acceptors (Lipinski definition) is 7. The second-order valence-electron chi connectivity index (χ2n) is 15.9. The van der Waals surface area contributed by atoms with Gasteiger partial charge in [0, 0.05) is 25.0 Å². The molecule has 0 aromatic carbocycles. The smallest absolute Gasteiger partial charge is 0.408 e. The van der Waals surface area contributed by atoms with Crippen molar-refractivity contribution in [3.63, 3.8) is 0 Å². The molecule has 46 heavy (non-hydrogen) atoms. The van der Waals surface area contributed by atoms with Gasteiger partial charge in [-0.25, -0.2) is 4.79 Å². The summed E-state index contributed by atoms with van der Waals surface area (Å²) in [7, 11) is 0. The molecule has 0 bridgehead atoms. The van der Waals surface area contributed by atoms with E-state index in [0.717, 1.165) is 32.1 Å². The van der Waals surface area contributed by atoms with E-state index in [1.807, 2.05) is 27.7 Å². The minimum atomic E-state index is -1.08. The van der Waals surface area contributed by atoms with Gasteiger partial charge in [0.1, 0.15) is 17.7 Å². The number of alkyl carbamates (subject to hydrolysis) is 1. The third kappa shape index (κ3) is 9.67. The Morgan fingerprint density at radius 3 is 2.13 bits per heavy atom. The van der Waals surface area contributed by atoms with Crippen molar-refractivity contribution in [2.45, 2.75) is 143 Å². The van der Waals surface area contributed by atoms with E-state index in [1.165, 1.54) is 0 Å². The van der Waals surface area contributed by atoms with E-state index in [2.05, 4.69) is 35.1 Å². The number of rotatable bonds is 12. The molecule has 5 atom stereocenters. The molecule has 260 valence electrons. The van der Waals surface area contributed by atoms with Gasteiger partial charge in [0.05, 0.1) is 6.04 Å². The third-order valence-electron chi connectivity index (χ3n) is 9.41. The standard InChI is InChI=1S/C34H57N5O7/c1-10-14-22(27(41)29(43)35-18-17-23(40)38-32(2,3)4)36-28(42)26-24-21(34(24,8)9)19-39(26)30(44)25(20-15-12-11-13-16-20)37-31(45)46-33(5,6)7/h20-22,24-26H,10-19H2,1-9H3,(H,35,43)(H,36,42)(H,37,45)(H,38,40)/t21?,22?,24?,25?,26-/m0/s1. The highest BCUT2D eigenvalue weighted by molar-refractivity contribution is 6.38. The molecule has 12 nitrogen and oxygen atoms in total. The topological polar surface area (TPSA) is 163 Å². The maximum Gasteiger partial charge on any atom is 0.408 e. The Hall–Kier alpha value is -3.18. The Kier molecular flexibility index (Phi) is 11.9. The average molecular weight is 648 g/mol. The number of ketones is 1. The highest BCUT2D eigenvalue weighted by atomic mass is 16.6. The highest BCUT2D eigenvalue weighted by Gasteiger charge is 2.69. The van der Waals surface area contributed by atoms with Crippen LogP contribution in [0.15, 0.2) is 0 Å². The van der Waals surface area contributed by atoms with E-state index in [-0.39, 0.29) is 54.4 Å². The van der Waals surface area contributed by atoms with E-state index < -0.39 is 53.0 Å². The molecule has 1 saturated heterocycles. The average Bonchev–Trinajstić information content (AvgIpc) is 3.25. The molecule has 4 unspecified atom stereocenters. The summed E-state index contributed by atoms with van der Waals surface area (Å²) in [6, 6.07) is -2.75. The van der Waals surface area contributed by atoms with E-state index in [9.17, 15) is 28.8 Å². The van der Waals surface area contributed by atoms with Crippen LogP contribution in [0.5, 0.6) is 0 Å². The fraction of sp³-hybridized carbons (Fsp3) is 0.824. The summed E-state index contributed by atoms with van der Waals surface area (Å²) in [6.07, 6.45) is 4.67. The summed E-state index contributed by atoms with van der Waals surface area (Å²) in [6.45, 7) is 17.2. The Bertz CT molecular complexity index is 1170. The Labute approximate surface area is 274 Å². The monoisotopic (exact) mass is 647 g/mol. The van der Waals surface area contributed by atoms with Crippen molar-refractivity contribution in [3.8, 4) is 0 Å². The van der Waals surface area contributed by atoms with Crippen LogP contribution < -0.4 is 21.3 Å². The van der Waals surface area contributed by atoms with Crippen molar-refractivity contribution < 1.29 is 33.5 Å². The summed E-state index contributed by atoms with van der Waals surface area (Å²) in [5, 5.41) is 11.0. The molecule has 0 aromatic heterocycles. The van der Waals surface area contributed by atoms with Gasteiger partial charge in [-0.05, 0) is 84.0 Å². The molecule has 3 fully saturated rings. The number of carbonyl (C=O) groups excluding carboxylic acids is 6. The number of amides is 5. The van der Waals surface area contributed by atoms with Crippen LogP contribution in [0.25, 0.3) is 0 Å². The number of nitrogens with one attached hydrogen (secondary N) is 4. The molecule has 3 aliphatic rings. The quantitative estimate of drug-likeness (QED) is 0.236. The Balaban J connectivity index is 1.75. The van der Waals surface area contributed by atoms with Crippen molar-refractivity contribution in [3.05, 3.63) is 0 Å². The maximum atomic E-state index is 14.3. The van der Waals surface area contributed by atoms with Gasteiger partial charge in [-0.15, -0.1) is 0 Å². The minimum Gasteiger partial charge on any atom is -0.444 e. The van der Waals surface area contributed by atoms with Crippen LogP contribution in [-0.4, -0.2) is 82.8 Å². The van der Waals surface area contributed by atoms with Gasteiger partial charge in [0.2, 0.25) is 23.5 Å². The van der Waals surface area contributed by atoms with Crippen LogP contribution in [0.4, 0.5) is 4.79 Å². The number of hydrogen-bond donors (Lipinski definition) is 4. The predicted octanol–water partition coefficient (Wildman–Crippen LogP) is 3.22. The van der Waals surface area contributed by atoms with Crippen LogP contribution >= 0.6 is 0 Å². The number of nitrogens with zero attached hydrogens (tertiary/aromatic N) is 1. The number of ether oxygens (including phenoxy) is 1. The zero-order valence-corrected chi connectivity index (χ0v) is 29.3. The first kappa shape index (κ1) is 37.3. The van der Waals surface area contributed by atoms with Crippen LogP contribution in [0.2, 0.25) is 0 Å². The lowest BCUT2D eigenvalue weighted by molar-refractivity contribution is -0.145. The number of fused-ring (bicyclic) bond motifs is 1. The molecule has 2 aliphatic carbocycles. The lowest BCUT2D eigenvalue weighted by Gasteiger charge is -2.37. The first-order valence-corrected chi connectivity index (χ1v) is 17.0. The number of Topliss-reactive ketones (excluding diaryl/α,β-unsaturated/α-hetero) is 1. The molecule has 1 heterocycles. The van der Waals surface area contributed by atoms with Crippen molar-refractivity contribution in [2.75, 3.05) is 13.1 Å². The maximum absolute atomic E-state index is 14.3. The molecular weight excluding hydrogens is 590 g/mol. The number of piperidine rings is 1. The molecular formula is C34H57N5O7. The zero-order chi connectivity index (χ0) is 34.6. The van der Waals surface area contributed by atoms with Crippen molar-refractivity contribution in [1.29, 1.82) is 0 Å². The SMILES string of the molecule is CCCC(NC(=O)[C@@H]1C2C(CN1C(=O)C(NC(=O)OC(C)(C)C)C1CCCCC1)C2(C)C)C(=O)C(=O)NCCC(=O)NC(C)(C)C. The molecule has 4 N–H and O–H groups in total. The number of carbonyl (C=O) groups is 6. The van der Waals surface area contributed by atoms with Crippen LogP contribution in [0.3, 0.4) is 0 Å². The summed E-state index contributed by atoms with van der Waals surface area (Å²) in [4.78, 5) is 80.8. The Morgan fingerprint density at radius 2 is 1.57 bits per heavy atom. The highest BCUT2D eigenvalue weighted by Crippen LogP contribution is 2.65. The first-order valence-electron chi connectivity index (χ1n) is 17.0.